The van der Waals surface area contributed by atoms with Gasteiger partial charge in [-0.3, -0.25) is 32.8 Å². The molecule has 0 saturated carbocycles. The number of H-pyrrole nitrogens is 1. The lowest BCUT2D eigenvalue weighted by molar-refractivity contribution is -0.0417. The summed E-state index contributed by atoms with van der Waals surface area (Å²) in [6.07, 6.45) is 0.782. The van der Waals surface area contributed by atoms with Crippen molar-refractivity contribution in [2.24, 2.45) is 23.7 Å². The summed E-state index contributed by atoms with van der Waals surface area (Å²) in [6, 6.07) is 8.68. The number of amides is 1. The van der Waals surface area contributed by atoms with Crippen LogP contribution in [0.25, 0.3) is 11.2 Å². The molecule has 5 heterocycles. The first-order valence-corrected chi connectivity index (χ1v) is 20.2. The van der Waals surface area contributed by atoms with E-state index in [0.29, 0.717) is 41.6 Å². The molecule has 3 unspecified atom stereocenters. The largest absolute Gasteiger partial charge is 0.408 e. The average Bonchev–Trinajstić information content (AvgIpc) is 3.80. The average molecular weight is 782 g/mol. The van der Waals surface area contributed by atoms with Gasteiger partial charge in [-0.1, -0.05) is 59.7 Å². The van der Waals surface area contributed by atoms with Gasteiger partial charge < -0.3 is 20.1 Å². The fourth-order valence-electron chi connectivity index (χ4n) is 6.93. The maximum Gasteiger partial charge on any atom is 0.408 e. The third kappa shape index (κ3) is 8.32. The number of hydrogen-bond donors (Lipinski definition) is 3. The first kappa shape index (κ1) is 40.4. The van der Waals surface area contributed by atoms with Crippen LogP contribution in [0.3, 0.4) is 0 Å². The lowest BCUT2D eigenvalue weighted by atomic mass is 9.93. The number of aromatic nitrogens is 6. The summed E-state index contributed by atoms with van der Waals surface area (Å²) in [5.41, 5.74) is 0.632. The van der Waals surface area contributed by atoms with E-state index in [0.717, 1.165) is 0 Å². The van der Waals surface area contributed by atoms with Crippen molar-refractivity contribution >= 4 is 36.6 Å². The van der Waals surface area contributed by atoms with Gasteiger partial charge in [-0.15, -0.1) is 0 Å². The van der Waals surface area contributed by atoms with Crippen LogP contribution in [-0.4, -0.2) is 85.2 Å². The lowest BCUT2D eigenvalue weighted by Crippen LogP contribution is -2.32. The highest BCUT2D eigenvalue weighted by atomic mass is 31.2. The minimum Gasteiger partial charge on any atom is -0.355 e. The van der Waals surface area contributed by atoms with Crippen LogP contribution in [0.5, 0.6) is 0 Å². The molecular formula is C37H52N9O8P. The van der Waals surface area contributed by atoms with E-state index in [1.54, 1.807) is 56.0 Å². The van der Waals surface area contributed by atoms with Crippen molar-refractivity contribution in [3.05, 3.63) is 74.8 Å². The number of anilines is 2. The minimum atomic E-state index is -3.92. The van der Waals surface area contributed by atoms with Gasteiger partial charge in [-0.25, -0.2) is 19.0 Å². The molecule has 18 heteroatoms. The molecule has 1 aromatic carbocycles. The standard InChI is InChI=1S/C37H52N9O8P/c1-10-26-29(24(7)35(52-26)46-19-39-28-31(46)42-36(43-33(28)48)38-16-20(2)3)54-55(50,44(8)9)51-18-27-22(5)23(6)34(53-27)45-17-21(4)30(41-37(45)49)40-32(47)25-14-12-11-13-15-25/h11-15,17,19-20,22-24,26-27,29,34-35H,10,16,18H2,1-9H3,(H2,38,42,43,48)(H,40,41,47,49)/t22?,23-,24-,26+,27+,29?,34+,35+,55?/m0/s1. The Hall–Kier alpha value is -4.25. The molecule has 0 aliphatic carbocycles. The summed E-state index contributed by atoms with van der Waals surface area (Å²) in [6.45, 7) is 14.3. The second-order valence-corrected chi connectivity index (χ2v) is 17.3. The van der Waals surface area contributed by atoms with E-state index < -0.39 is 44.2 Å². The van der Waals surface area contributed by atoms with Gasteiger partial charge in [-0.2, -0.15) is 9.97 Å². The molecule has 2 aliphatic heterocycles. The number of imidazole rings is 1. The molecule has 9 atom stereocenters. The van der Waals surface area contributed by atoms with Crippen molar-refractivity contribution in [2.45, 2.75) is 85.7 Å². The maximum absolute atomic E-state index is 14.5. The Labute approximate surface area is 319 Å². The van der Waals surface area contributed by atoms with Crippen molar-refractivity contribution < 1.29 is 27.9 Å². The Kier molecular flexibility index (Phi) is 12.1. The molecule has 0 spiro atoms. The summed E-state index contributed by atoms with van der Waals surface area (Å²) in [4.78, 5) is 54.8. The van der Waals surface area contributed by atoms with Gasteiger partial charge in [0.2, 0.25) is 5.95 Å². The van der Waals surface area contributed by atoms with Crippen molar-refractivity contribution in [1.82, 2.24) is 33.7 Å². The minimum absolute atomic E-state index is 0.0724. The molecule has 1 amide bonds. The molecule has 4 aromatic rings. The SMILES string of the molecule is CC[C@H]1O[C@@H](n2cnc3c(=O)[nH]c(NCC(C)C)nc32)[C@@H](C)C1OP(=O)(OC[C@H]1O[C@@H](n2cc(C)c(NC(=O)c3ccccc3)nc2=O)[C@@H](C)C1C)N(C)C. The van der Waals surface area contributed by atoms with Gasteiger partial charge in [0.15, 0.2) is 11.2 Å². The molecule has 2 saturated heterocycles. The Balaban J connectivity index is 1.15. The first-order chi connectivity index (χ1) is 26.1. The van der Waals surface area contributed by atoms with E-state index in [-0.39, 0.29) is 47.2 Å². The zero-order chi connectivity index (χ0) is 39.8. The highest BCUT2D eigenvalue weighted by molar-refractivity contribution is 7.51. The van der Waals surface area contributed by atoms with Crippen molar-refractivity contribution in [2.75, 3.05) is 37.9 Å². The summed E-state index contributed by atoms with van der Waals surface area (Å²) < 4.78 is 44.5. The van der Waals surface area contributed by atoms with E-state index in [2.05, 4.69) is 44.4 Å². The van der Waals surface area contributed by atoms with Crippen LogP contribution in [0.1, 0.15) is 76.3 Å². The van der Waals surface area contributed by atoms with Crippen molar-refractivity contribution in [1.29, 1.82) is 0 Å². The summed E-state index contributed by atoms with van der Waals surface area (Å²) in [5, 5.41) is 5.89. The van der Waals surface area contributed by atoms with E-state index >= 15 is 0 Å². The van der Waals surface area contributed by atoms with Crippen LogP contribution in [0, 0.1) is 30.6 Å². The van der Waals surface area contributed by atoms with Crippen LogP contribution >= 0.6 is 7.75 Å². The molecule has 0 bridgehead atoms. The van der Waals surface area contributed by atoms with Crippen molar-refractivity contribution in [3.63, 3.8) is 0 Å². The molecule has 2 fully saturated rings. The Bertz CT molecular complexity index is 2160. The Morgan fingerprint density at radius 1 is 1.02 bits per heavy atom. The molecule has 6 rings (SSSR count). The van der Waals surface area contributed by atoms with Crippen LogP contribution in [0.15, 0.2) is 52.4 Å². The van der Waals surface area contributed by atoms with Crippen LogP contribution in [-0.2, 0) is 23.1 Å². The van der Waals surface area contributed by atoms with Crippen molar-refractivity contribution in [3.8, 4) is 0 Å². The van der Waals surface area contributed by atoms with E-state index in [9.17, 15) is 18.9 Å². The van der Waals surface area contributed by atoms with Gasteiger partial charge in [0, 0.05) is 35.7 Å². The van der Waals surface area contributed by atoms with Crippen LogP contribution in [0.2, 0.25) is 0 Å². The zero-order valence-electron chi connectivity index (χ0n) is 32.8. The maximum atomic E-state index is 14.5. The number of nitrogens with one attached hydrogen (secondary N) is 3. The second kappa shape index (κ2) is 16.5. The van der Waals surface area contributed by atoms with Crippen LogP contribution < -0.4 is 21.9 Å². The molecule has 2 aliphatic rings. The highest BCUT2D eigenvalue weighted by Crippen LogP contribution is 2.56. The third-order valence-corrected chi connectivity index (χ3v) is 12.4. The van der Waals surface area contributed by atoms with Gasteiger partial charge in [0.1, 0.15) is 24.4 Å². The summed E-state index contributed by atoms with van der Waals surface area (Å²) in [7, 11) is -0.668. The number of ether oxygens (including phenoxy) is 2. The molecule has 298 valence electrons. The van der Waals surface area contributed by atoms with Gasteiger partial charge in [0.25, 0.3) is 11.5 Å². The second-order valence-electron chi connectivity index (χ2n) is 15.1. The Morgan fingerprint density at radius 2 is 1.71 bits per heavy atom. The molecular weight excluding hydrogens is 729 g/mol. The fraction of sp³-hybridized carbons (Fsp3) is 0.568. The van der Waals surface area contributed by atoms with Gasteiger partial charge >= 0.3 is 13.4 Å². The number of aromatic amines is 1. The Morgan fingerprint density at radius 3 is 2.38 bits per heavy atom. The van der Waals surface area contributed by atoms with Crippen LogP contribution in [0.4, 0.5) is 11.8 Å². The fourth-order valence-corrected chi connectivity index (χ4v) is 8.38. The van der Waals surface area contributed by atoms with Gasteiger partial charge in [-0.05, 0) is 51.4 Å². The number of rotatable bonds is 14. The number of carbonyl (C=O) groups excluding carboxylic acids is 1. The number of benzene rings is 1. The normalized spacial score (nSPS) is 26.5. The lowest BCUT2D eigenvalue weighted by Gasteiger charge is -2.31. The summed E-state index contributed by atoms with van der Waals surface area (Å²) >= 11 is 0. The van der Waals surface area contributed by atoms with E-state index in [4.69, 9.17) is 18.5 Å². The smallest absolute Gasteiger partial charge is 0.355 e. The van der Waals surface area contributed by atoms with E-state index in [1.807, 2.05) is 33.8 Å². The number of carbonyl (C=O) groups is 1. The number of nitrogens with zero attached hydrogens (tertiary/aromatic N) is 6. The zero-order valence-corrected chi connectivity index (χ0v) is 33.6. The molecule has 3 N–H and O–H groups in total. The number of aryl methyl sites for hydroxylation is 1. The molecule has 0 radical (unpaired) electrons. The highest BCUT2D eigenvalue weighted by Gasteiger charge is 2.49. The third-order valence-electron chi connectivity index (χ3n) is 10.4. The number of fused-ring (bicyclic) bond motifs is 1. The first-order valence-electron chi connectivity index (χ1n) is 18.7. The molecule has 55 heavy (non-hydrogen) atoms. The predicted octanol–water partition coefficient (Wildman–Crippen LogP) is 5.19. The molecule has 3 aromatic heterocycles. The quantitative estimate of drug-likeness (QED) is 0.142. The molecule has 17 nitrogen and oxygen atoms in total. The monoisotopic (exact) mass is 781 g/mol. The number of hydrogen-bond acceptors (Lipinski definition) is 12. The van der Waals surface area contributed by atoms with Gasteiger partial charge in [0.05, 0.1) is 25.1 Å². The predicted molar refractivity (Wildman–Crippen MR) is 207 cm³/mol. The summed E-state index contributed by atoms with van der Waals surface area (Å²) in [5.74, 6) is -0.115. The van der Waals surface area contributed by atoms with E-state index in [1.165, 1.54) is 15.6 Å². The topological polar surface area (TPSA) is 197 Å².